The Kier molecular flexibility index (Phi) is 6.24. The van der Waals surface area contributed by atoms with Gasteiger partial charge in [0, 0.05) is 24.0 Å². The molecule has 1 heterocycles. The summed E-state index contributed by atoms with van der Waals surface area (Å²) < 4.78 is 27.9. The van der Waals surface area contributed by atoms with Gasteiger partial charge in [-0.3, -0.25) is 4.79 Å². The number of carbonyl (C=O) groups excluding carboxylic acids is 1. The average molecular weight is 368 g/mol. The van der Waals surface area contributed by atoms with E-state index in [2.05, 4.69) is 22.3 Å². The number of nitrogens with one attached hydrogen (secondary N) is 3. The van der Waals surface area contributed by atoms with E-state index in [1.165, 1.54) is 0 Å². The molecule has 140 valence electrons. The minimum atomic E-state index is -3.64. The lowest BCUT2D eigenvalue weighted by atomic mass is 9.92. The zero-order valence-corrected chi connectivity index (χ0v) is 16.2. The molecule has 0 aromatic heterocycles. The van der Waals surface area contributed by atoms with Gasteiger partial charge in [-0.15, -0.1) is 0 Å². The molecule has 0 radical (unpaired) electrons. The molecule has 0 bridgehead atoms. The highest BCUT2D eigenvalue weighted by Crippen LogP contribution is 2.19. The molecule has 1 aliphatic heterocycles. The van der Waals surface area contributed by atoms with Crippen molar-refractivity contribution in [3.05, 3.63) is 29.8 Å². The summed E-state index contributed by atoms with van der Waals surface area (Å²) in [6.07, 6.45) is 1.61. The van der Waals surface area contributed by atoms with Crippen molar-refractivity contribution in [2.45, 2.75) is 63.6 Å². The first-order chi connectivity index (χ1) is 11.6. The van der Waals surface area contributed by atoms with Crippen LogP contribution >= 0.6 is 0 Å². The maximum atomic E-state index is 12.6. The zero-order valence-electron chi connectivity index (χ0n) is 15.4. The van der Waals surface area contributed by atoms with Gasteiger partial charge in [0.2, 0.25) is 15.9 Å². The lowest BCUT2D eigenvalue weighted by Crippen LogP contribution is -2.42. The van der Waals surface area contributed by atoms with Crippen molar-refractivity contribution in [1.82, 2.24) is 15.4 Å². The molecule has 0 spiro atoms. The number of hydrogen-bond donors (Lipinski definition) is 3. The average Bonchev–Trinajstić information content (AvgIpc) is 2.50. The van der Waals surface area contributed by atoms with Crippen molar-refractivity contribution in [2.24, 2.45) is 5.92 Å². The molecule has 25 heavy (non-hydrogen) atoms. The molecule has 1 aliphatic rings. The van der Waals surface area contributed by atoms with E-state index in [1.54, 1.807) is 45.0 Å². The van der Waals surface area contributed by atoms with E-state index in [9.17, 15) is 13.2 Å². The Labute approximate surface area is 150 Å². The quantitative estimate of drug-likeness (QED) is 0.740. The Morgan fingerprint density at radius 1 is 1.28 bits per heavy atom. The highest BCUT2D eigenvalue weighted by atomic mass is 32.2. The Bertz CT molecular complexity index is 711. The molecule has 2 atom stereocenters. The van der Waals surface area contributed by atoms with Crippen LogP contribution in [0.3, 0.4) is 0 Å². The summed E-state index contributed by atoms with van der Waals surface area (Å²) in [5.41, 5.74) is 0.0232. The molecule has 1 saturated heterocycles. The Balaban J connectivity index is 2.09. The molecule has 1 aromatic rings. The first kappa shape index (κ1) is 19.9. The Morgan fingerprint density at radius 3 is 2.60 bits per heavy atom. The van der Waals surface area contributed by atoms with E-state index >= 15 is 0 Å². The lowest BCUT2D eigenvalue weighted by molar-refractivity contribution is -0.126. The third kappa shape index (κ3) is 5.80. The summed E-state index contributed by atoms with van der Waals surface area (Å²) in [7, 11) is -3.64. The monoisotopic (exact) mass is 367 g/mol. The van der Waals surface area contributed by atoms with E-state index in [-0.39, 0.29) is 23.3 Å². The molecular formula is C18H29N3O3S. The Morgan fingerprint density at radius 2 is 1.96 bits per heavy atom. The van der Waals surface area contributed by atoms with Crippen LogP contribution < -0.4 is 15.4 Å². The first-order valence-corrected chi connectivity index (χ1v) is 10.2. The molecule has 7 heteroatoms. The van der Waals surface area contributed by atoms with Crippen LogP contribution in [0, 0.1) is 5.92 Å². The van der Waals surface area contributed by atoms with Gasteiger partial charge in [0.15, 0.2) is 0 Å². The fourth-order valence-electron chi connectivity index (χ4n) is 3.07. The van der Waals surface area contributed by atoms with E-state index in [0.717, 1.165) is 19.4 Å². The van der Waals surface area contributed by atoms with Gasteiger partial charge >= 0.3 is 0 Å². The van der Waals surface area contributed by atoms with E-state index in [0.29, 0.717) is 11.6 Å². The van der Waals surface area contributed by atoms with Crippen molar-refractivity contribution in [2.75, 3.05) is 6.54 Å². The van der Waals surface area contributed by atoms with Gasteiger partial charge in [-0.1, -0.05) is 18.2 Å². The highest BCUT2D eigenvalue weighted by molar-refractivity contribution is 7.89. The van der Waals surface area contributed by atoms with Gasteiger partial charge in [-0.2, -0.15) is 0 Å². The van der Waals surface area contributed by atoms with Gasteiger partial charge in [-0.05, 0) is 58.7 Å². The SMILES string of the molecule is C[C@H]1C[C@@H](C(=O)NCc2ccccc2S(=O)(=O)NC(C)(C)C)CCN1. The number of sulfonamides is 1. The number of hydrogen-bond acceptors (Lipinski definition) is 4. The van der Waals surface area contributed by atoms with E-state index in [1.807, 2.05) is 0 Å². The van der Waals surface area contributed by atoms with Crippen molar-refractivity contribution < 1.29 is 13.2 Å². The summed E-state index contributed by atoms with van der Waals surface area (Å²) in [5, 5.41) is 6.23. The van der Waals surface area contributed by atoms with Crippen LogP contribution in [0.2, 0.25) is 0 Å². The third-order valence-electron chi connectivity index (χ3n) is 4.15. The molecule has 0 aliphatic carbocycles. The van der Waals surface area contributed by atoms with Crippen LogP contribution in [0.4, 0.5) is 0 Å². The Hall–Kier alpha value is -1.44. The second kappa shape index (κ2) is 7.85. The smallest absolute Gasteiger partial charge is 0.241 e. The molecule has 1 fully saturated rings. The van der Waals surface area contributed by atoms with Crippen LogP contribution in [0.5, 0.6) is 0 Å². The normalized spacial score (nSPS) is 21.8. The summed E-state index contributed by atoms with van der Waals surface area (Å²) >= 11 is 0. The zero-order chi connectivity index (χ0) is 18.7. The van der Waals surface area contributed by atoms with Crippen LogP contribution in [0.15, 0.2) is 29.2 Å². The number of piperidine rings is 1. The predicted molar refractivity (Wildman–Crippen MR) is 98.6 cm³/mol. The summed E-state index contributed by atoms with van der Waals surface area (Å²) in [6, 6.07) is 7.11. The third-order valence-corrected chi connectivity index (χ3v) is 6.01. The molecule has 3 N–H and O–H groups in total. The maximum Gasteiger partial charge on any atom is 0.241 e. The molecular weight excluding hydrogens is 338 g/mol. The van der Waals surface area contributed by atoms with Gasteiger partial charge in [0.25, 0.3) is 0 Å². The molecule has 0 unspecified atom stereocenters. The van der Waals surface area contributed by atoms with Crippen LogP contribution in [0.1, 0.15) is 46.1 Å². The van der Waals surface area contributed by atoms with Crippen molar-refractivity contribution in [1.29, 1.82) is 0 Å². The maximum absolute atomic E-state index is 12.6. The summed E-state index contributed by atoms with van der Waals surface area (Å²) in [4.78, 5) is 12.6. The fourth-order valence-corrected chi connectivity index (χ4v) is 4.73. The number of carbonyl (C=O) groups is 1. The van der Waals surface area contributed by atoms with E-state index in [4.69, 9.17) is 0 Å². The largest absolute Gasteiger partial charge is 0.352 e. The highest BCUT2D eigenvalue weighted by Gasteiger charge is 2.26. The molecule has 6 nitrogen and oxygen atoms in total. The second-order valence-electron chi connectivity index (χ2n) is 7.76. The van der Waals surface area contributed by atoms with Crippen LogP contribution in [0.25, 0.3) is 0 Å². The minimum Gasteiger partial charge on any atom is -0.352 e. The summed E-state index contributed by atoms with van der Waals surface area (Å²) in [5.74, 6) is -0.0305. The number of rotatable bonds is 5. The summed E-state index contributed by atoms with van der Waals surface area (Å²) in [6.45, 7) is 8.51. The lowest BCUT2D eigenvalue weighted by Gasteiger charge is -2.27. The predicted octanol–water partition coefficient (Wildman–Crippen LogP) is 1.77. The minimum absolute atomic E-state index is 0.00988. The second-order valence-corrected chi connectivity index (χ2v) is 9.41. The van der Waals surface area contributed by atoms with Gasteiger partial charge in [0.1, 0.15) is 0 Å². The van der Waals surface area contributed by atoms with Gasteiger partial charge in [-0.25, -0.2) is 13.1 Å². The van der Waals surface area contributed by atoms with Crippen molar-refractivity contribution in [3.8, 4) is 0 Å². The molecule has 1 amide bonds. The fraction of sp³-hybridized carbons (Fsp3) is 0.611. The van der Waals surface area contributed by atoms with E-state index < -0.39 is 15.6 Å². The van der Waals surface area contributed by atoms with Crippen LogP contribution in [-0.2, 0) is 21.4 Å². The number of amides is 1. The van der Waals surface area contributed by atoms with Gasteiger partial charge < -0.3 is 10.6 Å². The first-order valence-electron chi connectivity index (χ1n) is 8.71. The molecule has 0 saturated carbocycles. The molecule has 2 rings (SSSR count). The standard InChI is InChI=1S/C18H29N3O3S/c1-13-11-14(9-10-19-13)17(22)20-12-15-7-5-6-8-16(15)25(23,24)21-18(2,3)4/h5-8,13-14,19,21H,9-12H2,1-4H3,(H,20,22)/t13-,14-/m0/s1. The van der Waals surface area contributed by atoms with Crippen LogP contribution in [-0.4, -0.2) is 32.5 Å². The topological polar surface area (TPSA) is 87.3 Å². The van der Waals surface area contributed by atoms with Crippen molar-refractivity contribution in [3.63, 3.8) is 0 Å². The number of benzene rings is 1. The van der Waals surface area contributed by atoms with Crippen molar-refractivity contribution >= 4 is 15.9 Å². The molecule has 1 aromatic carbocycles. The van der Waals surface area contributed by atoms with Gasteiger partial charge in [0.05, 0.1) is 4.90 Å².